The lowest BCUT2D eigenvalue weighted by atomic mass is 10.0. The molecule has 0 bridgehead atoms. The summed E-state index contributed by atoms with van der Waals surface area (Å²) in [6.07, 6.45) is 2.09. The molecular formula is C15H26O4. The molecule has 0 aliphatic heterocycles. The van der Waals surface area contributed by atoms with Crippen LogP contribution in [0.3, 0.4) is 0 Å². The number of hydrogen-bond acceptors (Lipinski definition) is 2. The number of rotatable bonds is 7. The molecule has 0 amide bonds. The Labute approximate surface area is 115 Å². The van der Waals surface area contributed by atoms with Crippen LogP contribution < -0.4 is 0 Å². The Bertz CT molecular complexity index is 327. The highest BCUT2D eigenvalue weighted by molar-refractivity contribution is 5.86. The highest BCUT2D eigenvalue weighted by atomic mass is 16.4. The third-order valence-corrected chi connectivity index (χ3v) is 2.28. The van der Waals surface area contributed by atoms with Crippen molar-refractivity contribution in [1.29, 1.82) is 0 Å². The third-order valence-electron chi connectivity index (χ3n) is 2.28. The second-order valence-corrected chi connectivity index (χ2v) is 5.35. The summed E-state index contributed by atoms with van der Waals surface area (Å²) in [4.78, 5) is 20.3. The summed E-state index contributed by atoms with van der Waals surface area (Å²) in [5.41, 5.74) is 0.610. The minimum atomic E-state index is -0.885. The quantitative estimate of drug-likeness (QED) is 0.691. The van der Waals surface area contributed by atoms with Crippen LogP contribution in [0.4, 0.5) is 0 Å². The van der Waals surface area contributed by atoms with E-state index in [4.69, 9.17) is 10.2 Å². The fourth-order valence-corrected chi connectivity index (χ4v) is 1.15. The molecule has 2 N–H and O–H groups in total. The van der Waals surface area contributed by atoms with Crippen LogP contribution in [-0.4, -0.2) is 22.2 Å². The minimum Gasteiger partial charge on any atom is -0.478 e. The number of carboxylic acids is 2. The number of carbonyl (C=O) groups is 2. The van der Waals surface area contributed by atoms with Crippen molar-refractivity contribution < 1.29 is 19.8 Å². The van der Waals surface area contributed by atoms with Gasteiger partial charge in [-0.05, 0) is 31.1 Å². The fraction of sp³-hybridized carbons (Fsp3) is 0.600. The van der Waals surface area contributed by atoms with Gasteiger partial charge in [-0.15, -0.1) is 0 Å². The van der Waals surface area contributed by atoms with E-state index in [1.54, 1.807) is 0 Å². The van der Waals surface area contributed by atoms with Crippen LogP contribution in [0, 0.1) is 11.8 Å². The van der Waals surface area contributed by atoms with E-state index >= 15 is 0 Å². The zero-order valence-electron chi connectivity index (χ0n) is 12.4. The summed E-state index contributed by atoms with van der Waals surface area (Å²) in [5, 5.41) is 16.7. The Hall–Kier alpha value is -1.58. The molecular weight excluding hydrogens is 244 g/mol. The molecule has 4 heteroatoms. The van der Waals surface area contributed by atoms with Crippen LogP contribution in [0.1, 0.15) is 47.0 Å². The zero-order valence-corrected chi connectivity index (χ0v) is 12.4. The van der Waals surface area contributed by atoms with Crippen LogP contribution >= 0.6 is 0 Å². The predicted octanol–water partition coefficient (Wildman–Crippen LogP) is 3.74. The maximum atomic E-state index is 10.2. The Morgan fingerprint density at radius 1 is 0.895 bits per heavy atom. The van der Waals surface area contributed by atoms with Crippen molar-refractivity contribution in [2.75, 3.05) is 0 Å². The molecule has 0 atom stereocenters. The molecule has 0 rings (SSSR count). The molecule has 19 heavy (non-hydrogen) atoms. The van der Waals surface area contributed by atoms with Gasteiger partial charge in [0, 0.05) is 11.1 Å². The van der Waals surface area contributed by atoms with Gasteiger partial charge in [-0.2, -0.15) is 0 Å². The van der Waals surface area contributed by atoms with E-state index in [2.05, 4.69) is 27.0 Å². The van der Waals surface area contributed by atoms with Crippen molar-refractivity contribution in [1.82, 2.24) is 0 Å². The van der Waals surface area contributed by atoms with Gasteiger partial charge in [0.05, 0.1) is 0 Å². The number of carboxylic acid groups (broad SMARTS) is 2. The molecule has 0 aromatic rings. The van der Waals surface area contributed by atoms with Gasteiger partial charge in [0.15, 0.2) is 0 Å². The zero-order chi connectivity index (χ0) is 15.6. The smallest absolute Gasteiger partial charge is 0.330 e. The molecule has 0 heterocycles. The summed E-state index contributed by atoms with van der Waals surface area (Å²) < 4.78 is 0. The van der Waals surface area contributed by atoms with Gasteiger partial charge < -0.3 is 10.2 Å². The van der Waals surface area contributed by atoms with Crippen molar-refractivity contribution >= 4 is 11.9 Å². The first-order chi connectivity index (χ1) is 8.57. The van der Waals surface area contributed by atoms with Crippen molar-refractivity contribution in [3.05, 3.63) is 24.3 Å². The molecule has 0 unspecified atom stereocenters. The van der Waals surface area contributed by atoms with Gasteiger partial charge in [-0.3, -0.25) is 0 Å². The van der Waals surface area contributed by atoms with E-state index in [-0.39, 0.29) is 0 Å². The highest BCUT2D eigenvalue weighted by Gasteiger charge is 2.05. The first-order valence-corrected chi connectivity index (χ1v) is 6.40. The van der Waals surface area contributed by atoms with E-state index in [1.807, 2.05) is 13.8 Å². The largest absolute Gasteiger partial charge is 0.478 e. The maximum Gasteiger partial charge on any atom is 0.330 e. The second kappa shape index (κ2) is 10.4. The first kappa shape index (κ1) is 19.8. The minimum absolute atomic E-state index is 0.296. The van der Waals surface area contributed by atoms with Crippen molar-refractivity contribution in [3.63, 3.8) is 0 Å². The van der Waals surface area contributed by atoms with Crippen molar-refractivity contribution in [2.45, 2.75) is 47.0 Å². The summed E-state index contributed by atoms with van der Waals surface area (Å²) in [5.74, 6) is -0.825. The summed E-state index contributed by atoms with van der Waals surface area (Å²) in [7, 11) is 0. The van der Waals surface area contributed by atoms with Crippen LogP contribution in [0.2, 0.25) is 0 Å². The fourth-order valence-electron chi connectivity index (χ4n) is 1.15. The lowest BCUT2D eigenvalue weighted by Crippen LogP contribution is -2.01. The van der Waals surface area contributed by atoms with Gasteiger partial charge in [0.25, 0.3) is 0 Å². The molecule has 0 spiro atoms. The van der Waals surface area contributed by atoms with E-state index < -0.39 is 11.9 Å². The average molecular weight is 270 g/mol. The SMILES string of the molecule is C=C(CC(C)C)C(=O)O.C=C(CCC(C)C)C(=O)O. The Balaban J connectivity index is 0. The van der Waals surface area contributed by atoms with Gasteiger partial charge in [-0.1, -0.05) is 40.9 Å². The summed E-state index contributed by atoms with van der Waals surface area (Å²) in [6, 6.07) is 0. The van der Waals surface area contributed by atoms with Crippen LogP contribution in [0.5, 0.6) is 0 Å². The van der Waals surface area contributed by atoms with Crippen LogP contribution in [0.25, 0.3) is 0 Å². The Morgan fingerprint density at radius 3 is 1.53 bits per heavy atom. The van der Waals surface area contributed by atoms with Crippen molar-refractivity contribution in [3.8, 4) is 0 Å². The normalized spacial score (nSPS) is 9.79. The molecule has 0 aliphatic carbocycles. The molecule has 0 fully saturated rings. The molecule has 0 saturated heterocycles. The van der Waals surface area contributed by atoms with Gasteiger partial charge in [-0.25, -0.2) is 9.59 Å². The summed E-state index contributed by atoms with van der Waals surface area (Å²) >= 11 is 0. The van der Waals surface area contributed by atoms with E-state index in [9.17, 15) is 9.59 Å². The monoisotopic (exact) mass is 270 g/mol. The van der Waals surface area contributed by atoms with Crippen LogP contribution in [-0.2, 0) is 9.59 Å². The Kier molecular flexibility index (Phi) is 10.8. The topological polar surface area (TPSA) is 74.6 Å². The summed E-state index contributed by atoms with van der Waals surface area (Å²) in [6.45, 7) is 14.9. The maximum absolute atomic E-state index is 10.2. The number of hydrogen-bond donors (Lipinski definition) is 2. The lowest BCUT2D eigenvalue weighted by molar-refractivity contribution is -0.133. The molecule has 0 radical (unpaired) electrons. The standard InChI is InChI=1S/C8H14O2.C7H12O2/c1-6(2)4-5-7(3)8(9)10;1-5(2)4-6(3)7(8)9/h6H,3-5H2,1-2H3,(H,9,10);5H,3-4H2,1-2H3,(H,8,9). The predicted molar refractivity (Wildman–Crippen MR) is 77.1 cm³/mol. The molecule has 4 nitrogen and oxygen atoms in total. The molecule has 0 aliphatic rings. The van der Waals surface area contributed by atoms with E-state index in [0.717, 1.165) is 6.42 Å². The van der Waals surface area contributed by atoms with Gasteiger partial charge in [0.1, 0.15) is 0 Å². The van der Waals surface area contributed by atoms with Gasteiger partial charge in [0.2, 0.25) is 0 Å². The second-order valence-electron chi connectivity index (χ2n) is 5.35. The lowest BCUT2D eigenvalue weighted by Gasteiger charge is -2.02. The van der Waals surface area contributed by atoms with E-state index in [1.165, 1.54) is 0 Å². The molecule has 110 valence electrons. The first-order valence-electron chi connectivity index (χ1n) is 6.40. The van der Waals surface area contributed by atoms with Crippen molar-refractivity contribution in [2.24, 2.45) is 11.8 Å². The Morgan fingerprint density at radius 2 is 1.32 bits per heavy atom. The molecule has 0 saturated carbocycles. The average Bonchev–Trinajstić information content (AvgIpc) is 2.25. The highest BCUT2D eigenvalue weighted by Crippen LogP contribution is 2.09. The third kappa shape index (κ3) is 14.4. The molecule has 0 aromatic heterocycles. The molecule has 0 aromatic carbocycles. The van der Waals surface area contributed by atoms with Gasteiger partial charge >= 0.3 is 11.9 Å². The van der Waals surface area contributed by atoms with Crippen LogP contribution in [0.15, 0.2) is 24.3 Å². The number of aliphatic carboxylic acids is 2. The van der Waals surface area contributed by atoms with E-state index in [0.29, 0.717) is 35.8 Å².